The van der Waals surface area contributed by atoms with Crippen molar-refractivity contribution in [1.29, 1.82) is 0 Å². The van der Waals surface area contributed by atoms with Crippen molar-refractivity contribution in [3.05, 3.63) is 35.1 Å². The van der Waals surface area contributed by atoms with Gasteiger partial charge in [-0.3, -0.25) is 4.79 Å². The second kappa shape index (κ2) is 4.66. The van der Waals surface area contributed by atoms with Gasteiger partial charge in [0, 0.05) is 17.1 Å². The van der Waals surface area contributed by atoms with Gasteiger partial charge in [-0.05, 0) is 37.1 Å². The van der Waals surface area contributed by atoms with Gasteiger partial charge >= 0.3 is 5.97 Å². The summed E-state index contributed by atoms with van der Waals surface area (Å²) in [6.45, 7) is 0.722. The minimum absolute atomic E-state index is 0.545. The van der Waals surface area contributed by atoms with Crippen LogP contribution in [0.2, 0.25) is 5.02 Å². The molecular weight excluding hydrogens is 266 g/mol. The SMILES string of the molecule is O=C(O)C1CCCn2nc(-c3ccc(Cl)cc3)nc21. The number of fused-ring (bicyclic) bond motifs is 1. The molecule has 1 aromatic heterocycles. The molecule has 98 valence electrons. The maximum Gasteiger partial charge on any atom is 0.314 e. The van der Waals surface area contributed by atoms with Gasteiger partial charge in [0.25, 0.3) is 0 Å². The Morgan fingerprint density at radius 1 is 1.37 bits per heavy atom. The molecule has 1 N–H and O–H groups in total. The molecule has 0 saturated heterocycles. The van der Waals surface area contributed by atoms with E-state index in [0.29, 0.717) is 23.1 Å². The highest BCUT2D eigenvalue weighted by Crippen LogP contribution is 2.28. The van der Waals surface area contributed by atoms with Crippen molar-refractivity contribution in [2.45, 2.75) is 25.3 Å². The number of carbonyl (C=O) groups is 1. The van der Waals surface area contributed by atoms with Crippen LogP contribution in [0.1, 0.15) is 24.6 Å². The van der Waals surface area contributed by atoms with E-state index in [9.17, 15) is 9.90 Å². The Kier molecular flexibility index (Phi) is 2.98. The Balaban J connectivity index is 2.02. The Morgan fingerprint density at radius 3 is 2.79 bits per heavy atom. The van der Waals surface area contributed by atoms with E-state index in [-0.39, 0.29) is 0 Å². The zero-order chi connectivity index (χ0) is 13.4. The van der Waals surface area contributed by atoms with Crippen LogP contribution in [0.5, 0.6) is 0 Å². The third-order valence-corrected chi connectivity index (χ3v) is 3.53. The average molecular weight is 278 g/mol. The summed E-state index contributed by atoms with van der Waals surface area (Å²) in [6, 6.07) is 7.20. The highest BCUT2D eigenvalue weighted by Gasteiger charge is 2.29. The number of rotatable bonds is 2. The molecule has 0 fully saturated rings. The highest BCUT2D eigenvalue weighted by molar-refractivity contribution is 6.30. The van der Waals surface area contributed by atoms with Gasteiger partial charge in [0.05, 0.1) is 0 Å². The van der Waals surface area contributed by atoms with Crippen molar-refractivity contribution in [2.24, 2.45) is 0 Å². The van der Waals surface area contributed by atoms with Crippen LogP contribution in [0.3, 0.4) is 0 Å². The largest absolute Gasteiger partial charge is 0.481 e. The van der Waals surface area contributed by atoms with Crippen LogP contribution in [0.25, 0.3) is 11.4 Å². The van der Waals surface area contributed by atoms with Crippen molar-refractivity contribution in [3.63, 3.8) is 0 Å². The highest BCUT2D eigenvalue weighted by atomic mass is 35.5. The smallest absolute Gasteiger partial charge is 0.314 e. The summed E-state index contributed by atoms with van der Waals surface area (Å²) in [5.41, 5.74) is 0.843. The van der Waals surface area contributed by atoms with Gasteiger partial charge in [-0.25, -0.2) is 9.67 Å². The molecule has 0 radical (unpaired) electrons. The fraction of sp³-hybridized carbons (Fsp3) is 0.308. The van der Waals surface area contributed by atoms with Crippen molar-refractivity contribution in [2.75, 3.05) is 0 Å². The quantitative estimate of drug-likeness (QED) is 0.916. The van der Waals surface area contributed by atoms with Crippen LogP contribution >= 0.6 is 11.6 Å². The maximum atomic E-state index is 11.2. The number of nitrogens with zero attached hydrogens (tertiary/aromatic N) is 3. The second-order valence-electron chi connectivity index (χ2n) is 4.56. The molecule has 0 aliphatic carbocycles. The number of hydrogen-bond acceptors (Lipinski definition) is 3. The fourth-order valence-electron chi connectivity index (χ4n) is 2.31. The first-order chi connectivity index (χ1) is 9.15. The monoisotopic (exact) mass is 277 g/mol. The number of aromatic nitrogens is 3. The molecule has 6 heteroatoms. The Morgan fingerprint density at radius 2 is 2.11 bits per heavy atom. The van der Waals surface area contributed by atoms with Crippen LogP contribution in [-0.2, 0) is 11.3 Å². The number of aliphatic carboxylic acids is 1. The molecule has 0 saturated carbocycles. The first-order valence-corrected chi connectivity index (χ1v) is 6.46. The summed E-state index contributed by atoms with van der Waals surface area (Å²) in [6.07, 6.45) is 1.43. The zero-order valence-corrected chi connectivity index (χ0v) is 10.8. The lowest BCUT2D eigenvalue weighted by Gasteiger charge is -2.17. The normalized spacial score (nSPS) is 18.1. The van der Waals surface area contributed by atoms with Crippen LogP contribution < -0.4 is 0 Å². The fourth-order valence-corrected chi connectivity index (χ4v) is 2.43. The summed E-state index contributed by atoms with van der Waals surface area (Å²) in [7, 11) is 0. The second-order valence-corrected chi connectivity index (χ2v) is 4.99. The van der Waals surface area contributed by atoms with Gasteiger partial charge in [0.1, 0.15) is 11.7 Å². The molecule has 1 aliphatic heterocycles. The summed E-state index contributed by atoms with van der Waals surface area (Å²) in [4.78, 5) is 15.6. The van der Waals surface area contributed by atoms with Crippen LogP contribution in [0.4, 0.5) is 0 Å². The molecule has 5 nitrogen and oxygen atoms in total. The van der Waals surface area contributed by atoms with E-state index in [1.54, 1.807) is 16.8 Å². The van der Waals surface area contributed by atoms with Crippen LogP contribution in [0.15, 0.2) is 24.3 Å². The molecule has 1 aliphatic rings. The summed E-state index contributed by atoms with van der Waals surface area (Å²) >= 11 is 5.84. The minimum atomic E-state index is -0.837. The van der Waals surface area contributed by atoms with Crippen LogP contribution in [-0.4, -0.2) is 25.8 Å². The molecular formula is C13H12ClN3O2. The van der Waals surface area contributed by atoms with Crippen molar-refractivity contribution in [1.82, 2.24) is 14.8 Å². The molecule has 1 aromatic carbocycles. The predicted molar refractivity (Wildman–Crippen MR) is 70.1 cm³/mol. The maximum absolute atomic E-state index is 11.2. The molecule has 0 spiro atoms. The Bertz CT molecular complexity index is 621. The number of hydrogen-bond donors (Lipinski definition) is 1. The molecule has 1 unspecified atom stereocenters. The van der Waals surface area contributed by atoms with E-state index >= 15 is 0 Å². The first kappa shape index (κ1) is 12.2. The third kappa shape index (κ3) is 2.21. The zero-order valence-electron chi connectivity index (χ0n) is 10.1. The van der Waals surface area contributed by atoms with Crippen molar-refractivity contribution in [3.8, 4) is 11.4 Å². The Hall–Kier alpha value is -1.88. The molecule has 0 amide bonds. The molecule has 3 rings (SSSR count). The van der Waals surface area contributed by atoms with Gasteiger partial charge in [0.15, 0.2) is 5.82 Å². The minimum Gasteiger partial charge on any atom is -0.481 e. The van der Waals surface area contributed by atoms with Gasteiger partial charge in [0.2, 0.25) is 0 Å². The molecule has 0 bridgehead atoms. The van der Waals surface area contributed by atoms with E-state index in [1.165, 1.54) is 0 Å². The average Bonchev–Trinajstić information content (AvgIpc) is 2.82. The number of benzene rings is 1. The predicted octanol–water partition coefficient (Wildman–Crippen LogP) is 2.56. The van der Waals surface area contributed by atoms with E-state index in [2.05, 4.69) is 10.1 Å². The van der Waals surface area contributed by atoms with E-state index < -0.39 is 11.9 Å². The topological polar surface area (TPSA) is 68.0 Å². The van der Waals surface area contributed by atoms with Gasteiger partial charge in [-0.1, -0.05) is 11.6 Å². The standard InChI is InChI=1S/C13H12ClN3O2/c14-9-5-3-8(4-6-9)11-15-12-10(13(18)19)2-1-7-17(12)16-11/h3-6,10H,1-2,7H2,(H,18,19). The Labute approximate surface area is 114 Å². The van der Waals surface area contributed by atoms with Gasteiger partial charge in [-0.2, -0.15) is 5.10 Å². The lowest BCUT2D eigenvalue weighted by Crippen LogP contribution is -2.22. The first-order valence-electron chi connectivity index (χ1n) is 6.08. The van der Waals surface area contributed by atoms with Crippen molar-refractivity contribution >= 4 is 17.6 Å². The van der Waals surface area contributed by atoms with Crippen LogP contribution in [0, 0.1) is 0 Å². The number of halogens is 1. The summed E-state index contributed by atoms with van der Waals surface area (Å²) < 4.78 is 1.70. The van der Waals surface area contributed by atoms with E-state index in [4.69, 9.17) is 11.6 Å². The molecule has 1 atom stereocenters. The summed E-state index contributed by atoms with van der Waals surface area (Å²) in [5, 5.41) is 14.2. The van der Waals surface area contributed by atoms with E-state index in [1.807, 2.05) is 12.1 Å². The van der Waals surface area contributed by atoms with Gasteiger partial charge < -0.3 is 5.11 Å². The third-order valence-electron chi connectivity index (χ3n) is 3.28. The molecule has 2 heterocycles. The summed E-state index contributed by atoms with van der Waals surface area (Å²) in [5.74, 6) is -0.290. The molecule has 19 heavy (non-hydrogen) atoms. The number of carboxylic acids is 1. The van der Waals surface area contributed by atoms with E-state index in [0.717, 1.165) is 18.5 Å². The number of aryl methyl sites for hydroxylation is 1. The lowest BCUT2D eigenvalue weighted by molar-refractivity contribution is -0.139. The van der Waals surface area contributed by atoms with Crippen molar-refractivity contribution < 1.29 is 9.90 Å². The lowest BCUT2D eigenvalue weighted by atomic mass is 10.00. The van der Waals surface area contributed by atoms with Gasteiger partial charge in [-0.15, -0.1) is 0 Å². The number of carboxylic acid groups (broad SMARTS) is 1. The molecule has 2 aromatic rings.